The summed E-state index contributed by atoms with van der Waals surface area (Å²) in [7, 11) is -3.17. The summed E-state index contributed by atoms with van der Waals surface area (Å²) in [5.41, 5.74) is 6.34. The fourth-order valence-corrected chi connectivity index (χ4v) is 3.86. The van der Waals surface area contributed by atoms with E-state index < -0.39 is 22.0 Å². The Morgan fingerprint density at radius 2 is 2.15 bits per heavy atom. The first-order chi connectivity index (χ1) is 12.1. The number of rotatable bonds is 3. The van der Waals surface area contributed by atoms with Crippen molar-refractivity contribution in [2.45, 2.75) is 38.8 Å². The van der Waals surface area contributed by atoms with E-state index in [1.54, 1.807) is 0 Å². The molecule has 3 heterocycles. The largest absolute Gasteiger partial charge is 0.367 e. The number of nitrogen functional groups attached to an aromatic ring is 1. The van der Waals surface area contributed by atoms with Crippen LogP contribution < -0.4 is 5.73 Å². The molecule has 0 radical (unpaired) electrons. The van der Waals surface area contributed by atoms with Gasteiger partial charge in [0.05, 0.1) is 18.1 Å². The second kappa shape index (κ2) is 8.45. The molecule has 1 saturated heterocycles. The highest BCUT2D eigenvalue weighted by atomic mass is 35.5. The topological polar surface area (TPSA) is 93.6 Å². The molecule has 3 rings (SSSR count). The zero-order valence-corrected chi connectivity index (χ0v) is 16.2. The third-order valence-electron chi connectivity index (χ3n) is 3.96. The lowest BCUT2D eigenvalue weighted by molar-refractivity contribution is 0.203. The van der Waals surface area contributed by atoms with Crippen LogP contribution >= 0.6 is 11.6 Å². The van der Waals surface area contributed by atoms with Crippen molar-refractivity contribution in [1.29, 1.82) is 0 Å². The highest BCUT2D eigenvalue weighted by Crippen LogP contribution is 2.26. The minimum absolute atomic E-state index is 0.0405. The van der Waals surface area contributed by atoms with E-state index in [2.05, 4.69) is 10.1 Å². The lowest BCUT2D eigenvalue weighted by atomic mass is 10.1. The van der Waals surface area contributed by atoms with Gasteiger partial charge in [0.2, 0.25) is 16.0 Å². The van der Waals surface area contributed by atoms with Crippen LogP contribution in [0.1, 0.15) is 31.9 Å². The van der Waals surface area contributed by atoms with E-state index in [1.165, 1.54) is 15.0 Å². The molecule has 0 aromatic carbocycles. The Balaban J connectivity index is 0.000000197. The van der Waals surface area contributed by atoms with Crippen LogP contribution in [0.15, 0.2) is 6.20 Å². The van der Waals surface area contributed by atoms with Crippen LogP contribution in [0, 0.1) is 5.82 Å². The number of anilines is 1. The second-order valence-electron chi connectivity index (χ2n) is 6.10. The Morgan fingerprint density at radius 3 is 2.69 bits per heavy atom. The number of nitrogens with zero attached hydrogens (tertiary/aromatic N) is 4. The fraction of sp³-hybridized carbons (Fsp3) is 0.600. The van der Waals surface area contributed by atoms with Gasteiger partial charge in [0.1, 0.15) is 16.7 Å². The van der Waals surface area contributed by atoms with E-state index in [0.29, 0.717) is 31.5 Å². The smallest absolute Gasteiger partial charge is 0.238 e. The standard InChI is InChI=1S/C9H10ClFN4.C6H12FNO2S/c1-2-3-5-7(10)8(11)6-4-13-9(12)14-15(5)6;1-11(9,10)8-4-2-3-6(7)5-8/h4H,2-3H2,1H3,(H2,12,14);6H,2-5H2,1H3. The van der Waals surface area contributed by atoms with Crippen molar-refractivity contribution >= 4 is 33.1 Å². The molecule has 1 fully saturated rings. The number of hydrogen-bond acceptors (Lipinski definition) is 5. The third-order valence-corrected chi connectivity index (χ3v) is 5.61. The Bertz CT molecular complexity index is 875. The summed E-state index contributed by atoms with van der Waals surface area (Å²) in [5.74, 6) is -0.383. The lowest BCUT2D eigenvalue weighted by Crippen LogP contribution is -2.39. The first-order valence-corrected chi connectivity index (χ1v) is 10.4. The number of hydrogen-bond donors (Lipinski definition) is 1. The maximum atomic E-state index is 13.6. The molecule has 1 aliphatic rings. The monoisotopic (exact) mass is 409 g/mol. The molecule has 2 aromatic heterocycles. The fourth-order valence-electron chi connectivity index (χ4n) is 2.70. The average molecular weight is 410 g/mol. The van der Waals surface area contributed by atoms with Gasteiger partial charge in [-0.2, -0.15) is 4.31 Å². The molecule has 11 heteroatoms. The maximum absolute atomic E-state index is 13.6. The molecule has 2 N–H and O–H groups in total. The molecular formula is C15H22ClF2N5O2S. The summed E-state index contributed by atoms with van der Waals surface area (Å²) in [6.07, 6.45) is 4.11. The SMILES string of the molecule is CCCc1c(Cl)c(F)c2cnc(N)nn12.CS(=O)(=O)N1CCCC(F)C1. The van der Waals surface area contributed by atoms with Crippen molar-refractivity contribution < 1.29 is 17.2 Å². The molecule has 1 unspecified atom stereocenters. The van der Waals surface area contributed by atoms with Gasteiger partial charge in [-0.05, 0) is 19.3 Å². The van der Waals surface area contributed by atoms with E-state index in [1.807, 2.05) is 6.92 Å². The predicted molar refractivity (Wildman–Crippen MR) is 96.9 cm³/mol. The Labute approximate surface area is 156 Å². The van der Waals surface area contributed by atoms with E-state index >= 15 is 0 Å². The predicted octanol–water partition coefficient (Wildman–Crippen LogP) is 2.44. The minimum atomic E-state index is -3.17. The Hall–Kier alpha value is -1.52. The number of aryl methyl sites for hydroxylation is 1. The molecule has 7 nitrogen and oxygen atoms in total. The molecule has 0 saturated carbocycles. The Kier molecular flexibility index (Phi) is 6.75. The molecule has 2 aromatic rings. The van der Waals surface area contributed by atoms with Crippen LogP contribution in [0.25, 0.3) is 5.52 Å². The zero-order chi connectivity index (χ0) is 19.5. The summed E-state index contributed by atoms with van der Waals surface area (Å²) in [6.45, 7) is 2.50. The number of fused-ring (bicyclic) bond motifs is 1. The molecule has 26 heavy (non-hydrogen) atoms. The highest BCUT2D eigenvalue weighted by molar-refractivity contribution is 7.88. The molecule has 0 aliphatic carbocycles. The number of piperidine rings is 1. The lowest BCUT2D eigenvalue weighted by Gasteiger charge is -2.26. The van der Waals surface area contributed by atoms with Gasteiger partial charge < -0.3 is 5.73 Å². The van der Waals surface area contributed by atoms with Crippen molar-refractivity contribution in [3.63, 3.8) is 0 Å². The van der Waals surface area contributed by atoms with Gasteiger partial charge in [0.15, 0.2) is 5.82 Å². The van der Waals surface area contributed by atoms with Crippen molar-refractivity contribution in [3.8, 4) is 0 Å². The van der Waals surface area contributed by atoms with E-state index in [9.17, 15) is 17.2 Å². The van der Waals surface area contributed by atoms with Crippen LogP contribution in [0.3, 0.4) is 0 Å². The molecule has 0 spiro atoms. The third kappa shape index (κ3) is 4.80. The van der Waals surface area contributed by atoms with Crippen LogP contribution in [0.2, 0.25) is 5.02 Å². The van der Waals surface area contributed by atoms with E-state index in [4.69, 9.17) is 17.3 Å². The van der Waals surface area contributed by atoms with Gasteiger partial charge in [-0.3, -0.25) is 0 Å². The highest BCUT2D eigenvalue weighted by Gasteiger charge is 2.25. The quantitative estimate of drug-likeness (QED) is 0.840. The molecule has 0 bridgehead atoms. The molecule has 146 valence electrons. The number of sulfonamides is 1. The van der Waals surface area contributed by atoms with E-state index in [0.717, 1.165) is 12.7 Å². The van der Waals surface area contributed by atoms with Crippen LogP contribution in [0.5, 0.6) is 0 Å². The van der Waals surface area contributed by atoms with Crippen LogP contribution in [0.4, 0.5) is 14.7 Å². The summed E-state index contributed by atoms with van der Waals surface area (Å²) < 4.78 is 50.7. The summed E-state index contributed by atoms with van der Waals surface area (Å²) in [4.78, 5) is 3.73. The normalized spacial score (nSPS) is 18.6. The van der Waals surface area contributed by atoms with Gasteiger partial charge in [-0.15, -0.1) is 5.10 Å². The zero-order valence-electron chi connectivity index (χ0n) is 14.6. The minimum Gasteiger partial charge on any atom is -0.367 e. The molecule has 0 amide bonds. The van der Waals surface area contributed by atoms with Crippen molar-refractivity contribution in [2.75, 3.05) is 25.1 Å². The van der Waals surface area contributed by atoms with Crippen LogP contribution in [-0.2, 0) is 16.4 Å². The number of aromatic nitrogens is 3. The van der Waals surface area contributed by atoms with Crippen LogP contribution in [-0.4, -0.2) is 52.8 Å². The van der Waals surface area contributed by atoms with Crippen molar-refractivity contribution in [2.24, 2.45) is 0 Å². The van der Waals surface area contributed by atoms with Gasteiger partial charge in [-0.1, -0.05) is 24.9 Å². The van der Waals surface area contributed by atoms with Gasteiger partial charge in [0, 0.05) is 13.1 Å². The number of nitrogens with two attached hydrogens (primary N) is 1. The molecule has 1 atom stereocenters. The summed E-state index contributed by atoms with van der Waals surface area (Å²) >= 11 is 5.86. The van der Waals surface area contributed by atoms with Gasteiger partial charge in [-0.25, -0.2) is 26.7 Å². The maximum Gasteiger partial charge on any atom is 0.238 e. The number of halogens is 3. The molecular weight excluding hydrogens is 388 g/mol. The van der Waals surface area contributed by atoms with Gasteiger partial charge >= 0.3 is 0 Å². The second-order valence-corrected chi connectivity index (χ2v) is 8.46. The first kappa shape index (κ1) is 20.8. The first-order valence-electron chi connectivity index (χ1n) is 8.21. The van der Waals surface area contributed by atoms with Crippen molar-refractivity contribution in [1.82, 2.24) is 18.9 Å². The summed E-state index contributed by atoms with van der Waals surface area (Å²) in [5, 5.41) is 4.04. The van der Waals surface area contributed by atoms with E-state index in [-0.39, 0.29) is 23.0 Å². The van der Waals surface area contributed by atoms with Gasteiger partial charge in [0.25, 0.3) is 0 Å². The molecule has 1 aliphatic heterocycles. The number of alkyl halides is 1. The average Bonchev–Trinajstić information content (AvgIpc) is 2.80. The Morgan fingerprint density at radius 1 is 1.46 bits per heavy atom. The van der Waals surface area contributed by atoms with Crippen molar-refractivity contribution in [3.05, 3.63) is 22.7 Å². The summed E-state index contributed by atoms with van der Waals surface area (Å²) in [6, 6.07) is 0.